The number of pyridine rings is 2. The summed E-state index contributed by atoms with van der Waals surface area (Å²) in [6.45, 7) is 14.8. The van der Waals surface area contributed by atoms with E-state index in [1.54, 1.807) is 0 Å². The second-order valence-electron chi connectivity index (χ2n) is 14.0. The van der Waals surface area contributed by atoms with Crippen molar-refractivity contribution in [2.75, 3.05) is 0 Å². The minimum Gasteiger partial charge on any atom is -0.194 e. The van der Waals surface area contributed by atoms with Crippen molar-refractivity contribution in [1.82, 2.24) is 8.98 Å². The minimum atomic E-state index is 0.0180. The van der Waals surface area contributed by atoms with Gasteiger partial charge in [-0.2, -0.15) is 13.5 Å². The highest BCUT2D eigenvalue weighted by atomic mass is 15.2. The summed E-state index contributed by atoms with van der Waals surface area (Å²) in [5, 5.41) is 5.18. The molecule has 0 bridgehead atoms. The quantitative estimate of drug-likeness (QED) is 0.191. The highest BCUT2D eigenvalue weighted by molar-refractivity contribution is 6.05. The Bertz CT molecular complexity index is 2200. The van der Waals surface area contributed by atoms with Crippen molar-refractivity contribution in [2.45, 2.75) is 58.9 Å². The number of aromatic nitrogens is 2. The van der Waals surface area contributed by atoms with Gasteiger partial charge in [-0.15, -0.1) is 0 Å². The van der Waals surface area contributed by atoms with Crippen LogP contribution in [0.3, 0.4) is 0 Å². The molecule has 2 aliphatic rings. The second kappa shape index (κ2) is 8.51. The SMILES string of the molecule is CC(C)(C)c1cc([N+]2=c3cccc4c3=C(C[n+]3ccccc3-4)c3c4ccccc4c4cccc2n34)cc(C(C)(C)C)c1. The topological polar surface area (TPSA) is 11.3 Å². The highest BCUT2D eigenvalue weighted by Crippen LogP contribution is 2.39. The summed E-state index contributed by atoms with van der Waals surface area (Å²) >= 11 is 0. The largest absolute Gasteiger partial charge is 0.292 e. The number of hydrogen-bond donors (Lipinski definition) is 0. The Morgan fingerprint density at radius 1 is 0.667 bits per heavy atom. The van der Waals surface area contributed by atoms with Gasteiger partial charge in [-0.1, -0.05) is 65.8 Å². The van der Waals surface area contributed by atoms with Gasteiger partial charge in [0.15, 0.2) is 18.4 Å². The fourth-order valence-corrected chi connectivity index (χ4v) is 7.01. The molecule has 0 N–H and O–H groups in total. The molecule has 0 saturated heterocycles. The zero-order valence-electron chi connectivity index (χ0n) is 25.4. The molecule has 6 aromatic rings. The number of nitrogens with zero attached hydrogens (tertiary/aromatic N) is 3. The van der Waals surface area contributed by atoms with Crippen molar-refractivity contribution in [2.24, 2.45) is 0 Å². The third kappa shape index (κ3) is 3.52. The first-order chi connectivity index (χ1) is 20.1. The van der Waals surface area contributed by atoms with Crippen LogP contribution < -0.4 is 19.7 Å². The zero-order valence-corrected chi connectivity index (χ0v) is 25.4. The molecule has 0 atom stereocenters. The molecule has 42 heavy (non-hydrogen) atoms. The molecular formula is C39H37N3+2. The van der Waals surface area contributed by atoms with Crippen LogP contribution in [0.25, 0.3) is 33.1 Å². The van der Waals surface area contributed by atoms with Crippen LogP contribution in [0.2, 0.25) is 0 Å². The van der Waals surface area contributed by atoms with Crippen LogP contribution in [0, 0.1) is 0 Å². The van der Waals surface area contributed by atoms with Crippen molar-refractivity contribution < 1.29 is 4.57 Å². The molecule has 3 aromatic carbocycles. The average Bonchev–Trinajstić information content (AvgIpc) is 3.24. The van der Waals surface area contributed by atoms with E-state index in [0.717, 1.165) is 6.54 Å². The van der Waals surface area contributed by atoms with E-state index in [9.17, 15) is 0 Å². The van der Waals surface area contributed by atoms with Gasteiger partial charge in [-0.3, -0.25) is 0 Å². The smallest absolute Gasteiger partial charge is 0.194 e. The fraction of sp³-hybridized carbons (Fsp3) is 0.231. The van der Waals surface area contributed by atoms with E-state index in [2.05, 4.69) is 158 Å². The monoisotopic (exact) mass is 547 g/mol. The molecule has 0 saturated carbocycles. The van der Waals surface area contributed by atoms with E-state index in [0.29, 0.717) is 0 Å². The van der Waals surface area contributed by atoms with Crippen molar-refractivity contribution in [3.63, 3.8) is 0 Å². The summed E-state index contributed by atoms with van der Waals surface area (Å²) < 4.78 is 7.47. The maximum absolute atomic E-state index is 2.53. The summed E-state index contributed by atoms with van der Waals surface area (Å²) in [5.41, 5.74) is 10.4. The fourth-order valence-electron chi connectivity index (χ4n) is 7.01. The Hall–Kier alpha value is -4.50. The van der Waals surface area contributed by atoms with E-state index in [-0.39, 0.29) is 10.8 Å². The van der Waals surface area contributed by atoms with Crippen molar-refractivity contribution >= 4 is 33.4 Å². The third-order valence-electron chi connectivity index (χ3n) is 9.20. The molecule has 206 valence electrons. The summed E-state index contributed by atoms with van der Waals surface area (Å²) in [6.07, 6.45) is 2.22. The molecule has 5 heterocycles. The van der Waals surface area contributed by atoms with Gasteiger partial charge >= 0.3 is 0 Å². The van der Waals surface area contributed by atoms with Crippen LogP contribution in [-0.2, 0) is 17.4 Å². The molecular weight excluding hydrogens is 510 g/mol. The lowest BCUT2D eigenvalue weighted by molar-refractivity contribution is -0.674. The van der Waals surface area contributed by atoms with Crippen molar-refractivity contribution in [3.8, 4) is 11.3 Å². The van der Waals surface area contributed by atoms with Gasteiger partial charge in [-0.25, -0.2) is 0 Å². The number of benzene rings is 3. The maximum atomic E-state index is 2.53. The first kappa shape index (κ1) is 25.2. The Morgan fingerprint density at radius 3 is 2.10 bits per heavy atom. The first-order valence-electron chi connectivity index (χ1n) is 15.1. The van der Waals surface area contributed by atoms with Crippen LogP contribution in [-0.4, -0.2) is 4.40 Å². The van der Waals surface area contributed by atoms with E-state index >= 15 is 0 Å². The standard InChI is InChI=1S/C39H37N3/c1-38(2,3)25-21-26(39(4,5)6)23-27(22-25)41-34-18-11-15-30-32-16-9-10-20-40(32)24-31(36(30)34)37-29-14-8-7-13-28(29)33-17-12-19-35(41)42(33)37/h7-23H,24H2,1-6H3/q+2. The van der Waals surface area contributed by atoms with Crippen LogP contribution in [0.1, 0.15) is 58.4 Å². The Balaban J connectivity index is 1.64. The van der Waals surface area contributed by atoms with Crippen LogP contribution in [0.4, 0.5) is 11.5 Å². The van der Waals surface area contributed by atoms with Gasteiger partial charge < -0.3 is 0 Å². The Labute approximate surface area is 247 Å². The molecule has 3 nitrogen and oxygen atoms in total. The van der Waals surface area contributed by atoms with Crippen LogP contribution in [0.5, 0.6) is 0 Å². The average molecular weight is 548 g/mol. The highest BCUT2D eigenvalue weighted by Gasteiger charge is 2.36. The predicted molar refractivity (Wildman–Crippen MR) is 173 cm³/mol. The van der Waals surface area contributed by atoms with E-state index in [4.69, 9.17) is 0 Å². The van der Waals surface area contributed by atoms with Crippen molar-refractivity contribution in [1.29, 1.82) is 0 Å². The lowest BCUT2D eigenvalue weighted by atomic mass is 9.80. The zero-order chi connectivity index (χ0) is 29.0. The molecule has 8 rings (SSSR count). The summed E-state index contributed by atoms with van der Waals surface area (Å²) in [5.74, 6) is 1.17. The molecule has 2 aliphatic heterocycles. The van der Waals surface area contributed by atoms with Crippen molar-refractivity contribution in [3.05, 3.63) is 131 Å². The van der Waals surface area contributed by atoms with Gasteiger partial charge in [0.05, 0.1) is 11.1 Å². The van der Waals surface area contributed by atoms with E-state index < -0.39 is 0 Å². The predicted octanol–water partition coefficient (Wildman–Crippen LogP) is 7.32. The van der Waals surface area contributed by atoms with Gasteiger partial charge in [0.25, 0.3) is 5.82 Å². The first-order valence-corrected chi connectivity index (χ1v) is 15.1. The molecule has 0 spiro atoms. The number of fused-ring (bicyclic) bond motifs is 6. The molecule has 3 heteroatoms. The summed E-state index contributed by atoms with van der Waals surface area (Å²) in [6, 6.07) is 36.4. The Morgan fingerprint density at radius 2 is 1.36 bits per heavy atom. The van der Waals surface area contributed by atoms with Gasteiger partial charge in [0, 0.05) is 34.2 Å². The molecule has 3 aromatic heterocycles. The lowest BCUT2D eigenvalue weighted by Crippen LogP contribution is -2.48. The van der Waals surface area contributed by atoms with Gasteiger partial charge in [0.2, 0.25) is 5.69 Å². The molecule has 0 unspecified atom stereocenters. The van der Waals surface area contributed by atoms with E-state index in [1.807, 2.05) is 0 Å². The molecule has 0 amide bonds. The second-order valence-corrected chi connectivity index (χ2v) is 14.0. The van der Waals surface area contributed by atoms with Gasteiger partial charge in [0.1, 0.15) is 16.6 Å². The molecule has 0 aliphatic carbocycles. The van der Waals surface area contributed by atoms with Crippen LogP contribution in [0.15, 0.2) is 103 Å². The molecule has 0 fully saturated rings. The summed E-state index contributed by atoms with van der Waals surface area (Å²) in [4.78, 5) is 0. The third-order valence-corrected chi connectivity index (χ3v) is 9.20. The maximum Gasteiger partial charge on any atom is 0.292 e. The van der Waals surface area contributed by atoms with Crippen LogP contribution >= 0.6 is 0 Å². The minimum absolute atomic E-state index is 0.0180. The molecule has 0 radical (unpaired) electrons. The van der Waals surface area contributed by atoms with E-state index in [1.165, 1.54) is 72.0 Å². The number of hydrogen-bond acceptors (Lipinski definition) is 0. The Kier molecular flexibility index (Phi) is 5.11. The normalized spacial score (nSPS) is 14.2. The number of rotatable bonds is 1. The van der Waals surface area contributed by atoms with Gasteiger partial charge in [-0.05, 0) is 76.6 Å². The lowest BCUT2D eigenvalue weighted by Gasteiger charge is -2.26. The summed E-state index contributed by atoms with van der Waals surface area (Å²) in [7, 11) is 0.